The highest BCUT2D eigenvalue weighted by Crippen LogP contribution is 2.16. The summed E-state index contributed by atoms with van der Waals surface area (Å²) in [4.78, 5) is 20.7. The number of hydrogen-bond donors (Lipinski definition) is 1. The molecule has 1 aromatic heterocycles. The molecule has 2 rings (SSSR count). The maximum absolute atomic E-state index is 11.9. The first kappa shape index (κ1) is 12.1. The molecule has 0 spiro atoms. The largest absolute Gasteiger partial charge is 0.378 e. The Balaban J connectivity index is 1.78. The van der Waals surface area contributed by atoms with Crippen molar-refractivity contribution in [3.8, 4) is 0 Å². The third-order valence-corrected chi connectivity index (χ3v) is 3.04. The molecule has 5 nitrogen and oxygen atoms in total. The Hall–Kier alpha value is -1.36. The van der Waals surface area contributed by atoms with Crippen LogP contribution in [0.25, 0.3) is 0 Å². The van der Waals surface area contributed by atoms with Gasteiger partial charge in [-0.15, -0.1) is 0 Å². The smallest absolute Gasteiger partial charge is 0.225 e. The van der Waals surface area contributed by atoms with E-state index in [0.29, 0.717) is 13.0 Å². The van der Waals surface area contributed by atoms with Crippen molar-refractivity contribution in [1.82, 2.24) is 14.9 Å². The van der Waals surface area contributed by atoms with Crippen LogP contribution >= 0.6 is 0 Å². The normalized spacial score (nSPS) is 20.2. The van der Waals surface area contributed by atoms with Crippen molar-refractivity contribution >= 4 is 5.91 Å². The van der Waals surface area contributed by atoms with Crippen LogP contribution in [0.2, 0.25) is 0 Å². The van der Waals surface area contributed by atoms with Crippen molar-refractivity contribution in [2.45, 2.75) is 38.3 Å². The molecular weight excluding hydrogens is 218 g/mol. The number of nitrogens with zero attached hydrogens (tertiary/aromatic N) is 2. The Labute approximate surface area is 101 Å². The number of amides is 1. The van der Waals surface area contributed by atoms with E-state index in [-0.39, 0.29) is 12.0 Å². The number of ether oxygens (including phenoxy) is 1. The van der Waals surface area contributed by atoms with Crippen LogP contribution in [-0.2, 0) is 16.1 Å². The Kier molecular flexibility index (Phi) is 4.14. The molecule has 1 aliphatic heterocycles. The van der Waals surface area contributed by atoms with Gasteiger partial charge in [-0.05, 0) is 19.3 Å². The van der Waals surface area contributed by atoms with Gasteiger partial charge < -0.3 is 14.6 Å². The summed E-state index contributed by atoms with van der Waals surface area (Å²) in [6.07, 6.45) is 7.33. The monoisotopic (exact) mass is 237 g/mol. The number of nitrogens with one attached hydrogen (secondary N) is 1. The van der Waals surface area contributed by atoms with Crippen LogP contribution in [0.5, 0.6) is 0 Å². The van der Waals surface area contributed by atoms with Crippen molar-refractivity contribution in [3.05, 3.63) is 18.2 Å². The van der Waals surface area contributed by atoms with Gasteiger partial charge in [0.25, 0.3) is 0 Å². The average Bonchev–Trinajstić information content (AvgIpc) is 2.83. The van der Waals surface area contributed by atoms with Crippen molar-refractivity contribution in [2.24, 2.45) is 0 Å². The van der Waals surface area contributed by atoms with Crippen LogP contribution in [-0.4, -0.2) is 40.5 Å². The molecule has 17 heavy (non-hydrogen) atoms. The van der Waals surface area contributed by atoms with E-state index in [9.17, 15) is 4.79 Å². The third-order valence-electron chi connectivity index (χ3n) is 3.04. The quantitative estimate of drug-likeness (QED) is 0.859. The van der Waals surface area contributed by atoms with Crippen LogP contribution in [0, 0.1) is 0 Å². The number of carbonyl (C=O) groups is 1. The van der Waals surface area contributed by atoms with Gasteiger partial charge in [-0.3, -0.25) is 4.79 Å². The van der Waals surface area contributed by atoms with Crippen LogP contribution < -0.4 is 0 Å². The molecule has 0 radical (unpaired) electrons. The van der Waals surface area contributed by atoms with Crippen molar-refractivity contribution in [1.29, 1.82) is 0 Å². The summed E-state index contributed by atoms with van der Waals surface area (Å²) < 4.78 is 5.56. The first-order chi connectivity index (χ1) is 8.25. The van der Waals surface area contributed by atoms with E-state index in [4.69, 9.17) is 4.74 Å². The SMILES string of the molecule is CN(Cc1ncc[nH]1)C(=O)CC1CCCCO1. The first-order valence-corrected chi connectivity index (χ1v) is 6.09. The Morgan fingerprint density at radius 1 is 1.65 bits per heavy atom. The molecule has 0 aliphatic carbocycles. The summed E-state index contributed by atoms with van der Waals surface area (Å²) in [5.41, 5.74) is 0. The number of aromatic nitrogens is 2. The zero-order chi connectivity index (χ0) is 12.1. The van der Waals surface area contributed by atoms with Gasteiger partial charge in [0.2, 0.25) is 5.91 Å². The summed E-state index contributed by atoms with van der Waals surface area (Å²) in [6, 6.07) is 0. The molecule has 1 amide bonds. The Morgan fingerprint density at radius 3 is 3.18 bits per heavy atom. The Bertz CT molecular complexity index is 345. The molecule has 1 fully saturated rings. The molecular formula is C12H19N3O2. The lowest BCUT2D eigenvalue weighted by atomic mass is 10.1. The molecule has 0 saturated carbocycles. The van der Waals surface area contributed by atoms with E-state index >= 15 is 0 Å². The van der Waals surface area contributed by atoms with Crippen LogP contribution in [0.4, 0.5) is 0 Å². The number of imidazole rings is 1. The zero-order valence-corrected chi connectivity index (χ0v) is 10.2. The molecule has 1 unspecified atom stereocenters. The minimum Gasteiger partial charge on any atom is -0.378 e. The second-order valence-electron chi connectivity index (χ2n) is 4.48. The fraction of sp³-hybridized carbons (Fsp3) is 0.667. The highest BCUT2D eigenvalue weighted by Gasteiger charge is 2.20. The molecule has 1 aromatic rings. The minimum atomic E-state index is 0.107. The van der Waals surface area contributed by atoms with Crippen LogP contribution in [0.1, 0.15) is 31.5 Å². The van der Waals surface area contributed by atoms with Gasteiger partial charge in [0.15, 0.2) is 0 Å². The molecule has 1 aliphatic rings. The molecule has 0 aromatic carbocycles. The minimum absolute atomic E-state index is 0.107. The molecule has 5 heteroatoms. The van der Waals surface area contributed by atoms with Gasteiger partial charge in [0.1, 0.15) is 5.82 Å². The lowest BCUT2D eigenvalue weighted by Crippen LogP contribution is -2.32. The van der Waals surface area contributed by atoms with Gasteiger partial charge >= 0.3 is 0 Å². The van der Waals surface area contributed by atoms with Crippen molar-refractivity contribution in [2.75, 3.05) is 13.7 Å². The van der Waals surface area contributed by atoms with E-state index < -0.39 is 0 Å². The van der Waals surface area contributed by atoms with Crippen molar-refractivity contribution < 1.29 is 9.53 Å². The van der Waals surface area contributed by atoms with E-state index in [1.54, 1.807) is 24.3 Å². The summed E-state index contributed by atoms with van der Waals surface area (Å²) in [6.45, 7) is 1.32. The molecule has 1 atom stereocenters. The fourth-order valence-electron chi connectivity index (χ4n) is 2.02. The van der Waals surface area contributed by atoms with Gasteiger partial charge in [-0.2, -0.15) is 0 Å². The fourth-order valence-corrected chi connectivity index (χ4v) is 2.02. The summed E-state index contributed by atoms with van der Waals surface area (Å²) >= 11 is 0. The second-order valence-corrected chi connectivity index (χ2v) is 4.48. The lowest BCUT2D eigenvalue weighted by molar-refractivity contribution is -0.134. The maximum Gasteiger partial charge on any atom is 0.225 e. The van der Waals surface area contributed by atoms with Gasteiger partial charge in [0.05, 0.1) is 19.1 Å². The number of aromatic amines is 1. The topological polar surface area (TPSA) is 58.2 Å². The second kappa shape index (κ2) is 5.82. The van der Waals surface area contributed by atoms with Crippen LogP contribution in [0.15, 0.2) is 12.4 Å². The van der Waals surface area contributed by atoms with Crippen LogP contribution in [0.3, 0.4) is 0 Å². The lowest BCUT2D eigenvalue weighted by Gasteiger charge is -2.24. The van der Waals surface area contributed by atoms with Crippen molar-refractivity contribution in [3.63, 3.8) is 0 Å². The highest BCUT2D eigenvalue weighted by atomic mass is 16.5. The summed E-state index contributed by atoms with van der Waals surface area (Å²) in [5, 5.41) is 0. The average molecular weight is 237 g/mol. The highest BCUT2D eigenvalue weighted by molar-refractivity contribution is 5.76. The van der Waals surface area contributed by atoms with Gasteiger partial charge in [-0.25, -0.2) is 4.98 Å². The predicted molar refractivity (Wildman–Crippen MR) is 63.3 cm³/mol. The number of hydrogen-bond acceptors (Lipinski definition) is 3. The van der Waals surface area contributed by atoms with E-state index in [1.807, 2.05) is 0 Å². The van der Waals surface area contributed by atoms with Gasteiger partial charge in [0, 0.05) is 26.0 Å². The standard InChI is InChI=1S/C12H19N3O2/c1-15(9-11-13-5-6-14-11)12(16)8-10-4-2-3-7-17-10/h5-6,10H,2-4,7-9H2,1H3,(H,13,14). The third kappa shape index (κ3) is 3.56. The summed E-state index contributed by atoms with van der Waals surface area (Å²) in [5.74, 6) is 0.929. The molecule has 0 bridgehead atoms. The molecule has 1 saturated heterocycles. The molecule has 2 heterocycles. The predicted octanol–water partition coefficient (Wildman–Crippen LogP) is 1.33. The maximum atomic E-state index is 11.9. The molecule has 1 N–H and O–H groups in total. The van der Waals surface area contributed by atoms with E-state index in [0.717, 1.165) is 25.3 Å². The van der Waals surface area contributed by atoms with Gasteiger partial charge in [-0.1, -0.05) is 0 Å². The van der Waals surface area contributed by atoms with E-state index in [2.05, 4.69) is 9.97 Å². The first-order valence-electron chi connectivity index (χ1n) is 6.09. The zero-order valence-electron chi connectivity index (χ0n) is 10.2. The number of H-pyrrole nitrogens is 1. The number of carbonyl (C=O) groups excluding carboxylic acids is 1. The number of rotatable bonds is 4. The Morgan fingerprint density at radius 2 is 2.53 bits per heavy atom. The summed E-state index contributed by atoms with van der Waals surface area (Å²) in [7, 11) is 1.80. The van der Waals surface area contributed by atoms with E-state index in [1.165, 1.54) is 6.42 Å². The molecule has 94 valence electrons.